The van der Waals surface area contributed by atoms with E-state index in [9.17, 15) is 4.79 Å². The zero-order chi connectivity index (χ0) is 18.8. The van der Waals surface area contributed by atoms with Crippen molar-refractivity contribution in [2.45, 2.75) is 6.92 Å². The molecule has 9 heteroatoms. The summed E-state index contributed by atoms with van der Waals surface area (Å²) in [6.07, 6.45) is 7.85. The topological polar surface area (TPSA) is 94.3 Å². The monoisotopic (exact) mass is 380 g/mol. The lowest BCUT2D eigenvalue weighted by molar-refractivity contribution is 0.102. The molecule has 0 aliphatic rings. The Bertz CT molecular complexity index is 1130. The van der Waals surface area contributed by atoms with Crippen molar-refractivity contribution in [3.8, 4) is 11.5 Å². The van der Waals surface area contributed by atoms with Gasteiger partial charge in [0.25, 0.3) is 5.91 Å². The number of halogens is 1. The number of hydrogen-bond donors (Lipinski definition) is 1. The number of aryl methyl sites for hydroxylation is 1. The number of carbonyl (C=O) groups excluding carboxylic acids is 1. The molecule has 0 bridgehead atoms. The Morgan fingerprint density at radius 2 is 2.07 bits per heavy atom. The number of fused-ring (bicyclic) bond motifs is 1. The van der Waals surface area contributed by atoms with Gasteiger partial charge in [0.1, 0.15) is 23.6 Å². The van der Waals surface area contributed by atoms with Crippen LogP contribution in [0.1, 0.15) is 15.9 Å². The fourth-order valence-corrected chi connectivity index (χ4v) is 2.61. The lowest BCUT2D eigenvalue weighted by Gasteiger charge is -2.10. The first-order chi connectivity index (χ1) is 13.1. The summed E-state index contributed by atoms with van der Waals surface area (Å²) in [6, 6.07) is 6.79. The number of amides is 1. The third-order valence-electron chi connectivity index (χ3n) is 3.68. The summed E-state index contributed by atoms with van der Waals surface area (Å²) < 4.78 is 7.38. The molecule has 0 unspecified atom stereocenters. The zero-order valence-electron chi connectivity index (χ0n) is 14.1. The zero-order valence-corrected chi connectivity index (χ0v) is 14.9. The van der Waals surface area contributed by atoms with E-state index < -0.39 is 0 Å². The van der Waals surface area contributed by atoms with Crippen LogP contribution in [-0.2, 0) is 0 Å². The lowest BCUT2D eigenvalue weighted by atomic mass is 10.2. The van der Waals surface area contributed by atoms with Gasteiger partial charge in [-0.3, -0.25) is 14.2 Å². The van der Waals surface area contributed by atoms with Crippen LogP contribution in [0.2, 0.25) is 5.02 Å². The molecule has 1 N–H and O–H groups in total. The van der Waals surface area contributed by atoms with Gasteiger partial charge in [-0.2, -0.15) is 0 Å². The van der Waals surface area contributed by atoms with E-state index in [1.54, 1.807) is 35.0 Å². The van der Waals surface area contributed by atoms with Crippen LogP contribution >= 0.6 is 11.6 Å². The van der Waals surface area contributed by atoms with Gasteiger partial charge in [-0.05, 0) is 24.6 Å². The van der Waals surface area contributed by atoms with E-state index in [1.807, 2.05) is 13.0 Å². The summed E-state index contributed by atoms with van der Waals surface area (Å²) in [4.78, 5) is 20.9. The first-order valence-corrected chi connectivity index (χ1v) is 8.32. The molecular formula is C18H13ClN6O2. The van der Waals surface area contributed by atoms with Gasteiger partial charge >= 0.3 is 0 Å². The second kappa shape index (κ2) is 7.00. The van der Waals surface area contributed by atoms with Crippen molar-refractivity contribution >= 4 is 29.0 Å². The maximum Gasteiger partial charge on any atom is 0.260 e. The van der Waals surface area contributed by atoms with Crippen LogP contribution in [0.25, 0.3) is 5.65 Å². The molecular weight excluding hydrogens is 368 g/mol. The highest BCUT2D eigenvalue weighted by Gasteiger charge is 2.16. The Hall–Kier alpha value is -3.52. The Morgan fingerprint density at radius 3 is 2.85 bits per heavy atom. The van der Waals surface area contributed by atoms with Gasteiger partial charge in [0, 0.05) is 18.5 Å². The standard InChI is InChI=1S/C18H13ClN6O2/c1-11-2-3-16(21-6-11)23-18(26)15-5-14(9-25-10-22-24-17(15)25)27-13-4-12(19)7-20-8-13/h2-10H,1H3,(H,21,23,26). The molecule has 0 fully saturated rings. The van der Waals surface area contributed by atoms with Gasteiger partial charge in [-0.1, -0.05) is 17.7 Å². The number of anilines is 1. The predicted octanol–water partition coefficient (Wildman–Crippen LogP) is 3.53. The molecule has 8 nitrogen and oxygen atoms in total. The quantitative estimate of drug-likeness (QED) is 0.582. The molecule has 134 valence electrons. The minimum atomic E-state index is -0.376. The molecule has 27 heavy (non-hydrogen) atoms. The Balaban J connectivity index is 1.67. The van der Waals surface area contributed by atoms with Crippen molar-refractivity contribution in [3.63, 3.8) is 0 Å². The molecule has 0 spiro atoms. The number of rotatable bonds is 4. The molecule has 0 saturated carbocycles. The highest BCUT2D eigenvalue weighted by Crippen LogP contribution is 2.25. The van der Waals surface area contributed by atoms with E-state index in [4.69, 9.17) is 16.3 Å². The summed E-state index contributed by atoms with van der Waals surface area (Å²) >= 11 is 5.93. The Labute approximate surface area is 158 Å². The van der Waals surface area contributed by atoms with E-state index in [-0.39, 0.29) is 5.91 Å². The van der Waals surface area contributed by atoms with E-state index in [2.05, 4.69) is 25.5 Å². The van der Waals surface area contributed by atoms with Gasteiger partial charge in [0.2, 0.25) is 0 Å². The van der Waals surface area contributed by atoms with Crippen LogP contribution in [-0.4, -0.2) is 30.5 Å². The van der Waals surface area contributed by atoms with Crippen LogP contribution < -0.4 is 10.1 Å². The maximum atomic E-state index is 12.7. The Morgan fingerprint density at radius 1 is 1.19 bits per heavy atom. The summed E-state index contributed by atoms with van der Waals surface area (Å²) in [6.45, 7) is 1.92. The molecule has 0 aliphatic carbocycles. The first-order valence-electron chi connectivity index (χ1n) is 7.94. The average molecular weight is 381 g/mol. The van der Waals surface area contributed by atoms with E-state index in [0.717, 1.165) is 5.56 Å². The third-order valence-corrected chi connectivity index (χ3v) is 3.89. The summed E-state index contributed by atoms with van der Waals surface area (Å²) in [5.41, 5.74) is 1.69. The number of ether oxygens (including phenoxy) is 1. The summed E-state index contributed by atoms with van der Waals surface area (Å²) in [7, 11) is 0. The van der Waals surface area contributed by atoms with Crippen LogP contribution in [0, 0.1) is 6.92 Å². The third kappa shape index (κ3) is 3.70. The van der Waals surface area contributed by atoms with Crippen molar-refractivity contribution in [2.75, 3.05) is 5.32 Å². The fourth-order valence-electron chi connectivity index (χ4n) is 2.44. The molecule has 0 saturated heterocycles. The van der Waals surface area contributed by atoms with Crippen LogP contribution in [0.15, 0.2) is 55.4 Å². The summed E-state index contributed by atoms with van der Waals surface area (Å²) in [5, 5.41) is 11.0. The van der Waals surface area contributed by atoms with Crippen LogP contribution in [0.5, 0.6) is 11.5 Å². The number of hydrogen-bond acceptors (Lipinski definition) is 6. The molecule has 4 aromatic heterocycles. The predicted molar refractivity (Wildman–Crippen MR) is 99.2 cm³/mol. The number of nitrogens with zero attached hydrogens (tertiary/aromatic N) is 5. The SMILES string of the molecule is Cc1ccc(NC(=O)c2cc(Oc3cncc(Cl)c3)cn3cnnc23)nc1. The van der Waals surface area contributed by atoms with Crippen molar-refractivity contribution < 1.29 is 9.53 Å². The molecule has 0 atom stereocenters. The summed E-state index contributed by atoms with van der Waals surface area (Å²) in [5.74, 6) is 0.919. The minimum Gasteiger partial charge on any atom is -0.454 e. The normalized spacial score (nSPS) is 10.7. The second-order valence-corrected chi connectivity index (χ2v) is 6.20. The number of aromatic nitrogens is 5. The fraction of sp³-hybridized carbons (Fsp3) is 0.0556. The van der Waals surface area contributed by atoms with Crippen molar-refractivity contribution in [2.24, 2.45) is 0 Å². The maximum absolute atomic E-state index is 12.7. The van der Waals surface area contributed by atoms with Crippen molar-refractivity contribution in [3.05, 3.63) is 71.5 Å². The average Bonchev–Trinajstić information content (AvgIpc) is 3.11. The molecule has 4 aromatic rings. The second-order valence-electron chi connectivity index (χ2n) is 5.77. The Kier molecular flexibility index (Phi) is 4.39. The minimum absolute atomic E-state index is 0.294. The highest BCUT2D eigenvalue weighted by molar-refractivity contribution is 6.30. The lowest BCUT2D eigenvalue weighted by Crippen LogP contribution is -2.14. The molecule has 4 heterocycles. The molecule has 1 amide bonds. The number of nitrogens with one attached hydrogen (secondary N) is 1. The largest absolute Gasteiger partial charge is 0.454 e. The van der Waals surface area contributed by atoms with Crippen LogP contribution in [0.3, 0.4) is 0 Å². The van der Waals surface area contributed by atoms with Gasteiger partial charge in [0.15, 0.2) is 5.65 Å². The van der Waals surface area contributed by atoms with Crippen molar-refractivity contribution in [1.82, 2.24) is 24.6 Å². The molecule has 0 aromatic carbocycles. The van der Waals surface area contributed by atoms with Gasteiger partial charge in [-0.25, -0.2) is 4.98 Å². The number of pyridine rings is 3. The van der Waals surface area contributed by atoms with Gasteiger partial charge in [-0.15, -0.1) is 10.2 Å². The van der Waals surface area contributed by atoms with Gasteiger partial charge in [0.05, 0.1) is 23.0 Å². The number of carbonyl (C=O) groups is 1. The van der Waals surface area contributed by atoms with Crippen LogP contribution in [0.4, 0.5) is 5.82 Å². The van der Waals surface area contributed by atoms with E-state index in [1.165, 1.54) is 18.7 Å². The molecule has 4 rings (SSSR count). The van der Waals surface area contributed by atoms with Crippen molar-refractivity contribution in [1.29, 1.82) is 0 Å². The van der Waals surface area contributed by atoms with E-state index in [0.29, 0.717) is 33.6 Å². The van der Waals surface area contributed by atoms with E-state index >= 15 is 0 Å². The highest BCUT2D eigenvalue weighted by atomic mass is 35.5. The smallest absolute Gasteiger partial charge is 0.260 e. The molecule has 0 radical (unpaired) electrons. The first kappa shape index (κ1) is 16.9. The van der Waals surface area contributed by atoms with Gasteiger partial charge < -0.3 is 10.1 Å². The molecule has 0 aliphatic heterocycles.